The van der Waals surface area contributed by atoms with Crippen LogP contribution in [0.15, 0.2) is 65.8 Å². The molecule has 1 aliphatic rings. The molecule has 1 amide bonds. The highest BCUT2D eigenvalue weighted by Crippen LogP contribution is 2.47. The molecule has 0 aliphatic heterocycles. The summed E-state index contributed by atoms with van der Waals surface area (Å²) in [5.74, 6) is 0.414. The number of rotatable bonds is 4. The Morgan fingerprint density at radius 2 is 1.67 bits per heavy atom. The van der Waals surface area contributed by atoms with Crippen molar-refractivity contribution >= 4 is 11.6 Å². The van der Waals surface area contributed by atoms with Crippen LogP contribution in [0.25, 0.3) is 0 Å². The van der Waals surface area contributed by atoms with Crippen LogP contribution < -0.4 is 5.43 Å². The van der Waals surface area contributed by atoms with Gasteiger partial charge >= 0.3 is 0 Å². The van der Waals surface area contributed by atoms with Gasteiger partial charge in [-0.15, -0.1) is 0 Å². The second-order valence-electron chi connectivity index (χ2n) is 5.40. The first-order chi connectivity index (χ1) is 10.3. The fourth-order valence-electron chi connectivity index (χ4n) is 2.52. The standard InChI is InChI=1S/C18H18N2O/c1-13(14-8-4-2-5-9-14)19-20-18(21)17-12-16(17)15-10-6-3-7-11-15/h2-11,16-17H,12H2,1H3,(H,20,21)/b19-13+/t16-,17+/m1/s1. The highest BCUT2D eigenvalue weighted by Gasteiger charge is 2.43. The molecule has 21 heavy (non-hydrogen) atoms. The third-order valence-electron chi connectivity index (χ3n) is 3.88. The predicted molar refractivity (Wildman–Crippen MR) is 84.1 cm³/mol. The number of carbonyl (C=O) groups is 1. The molecule has 3 rings (SSSR count). The summed E-state index contributed by atoms with van der Waals surface area (Å²) in [6.45, 7) is 1.90. The zero-order valence-electron chi connectivity index (χ0n) is 12.0. The average molecular weight is 278 g/mol. The Hall–Kier alpha value is -2.42. The van der Waals surface area contributed by atoms with Crippen molar-refractivity contribution in [1.82, 2.24) is 5.43 Å². The predicted octanol–water partition coefficient (Wildman–Crippen LogP) is 3.33. The molecule has 2 aromatic rings. The number of hydrazone groups is 1. The van der Waals surface area contributed by atoms with Crippen LogP contribution in [0.4, 0.5) is 0 Å². The summed E-state index contributed by atoms with van der Waals surface area (Å²) in [7, 11) is 0. The van der Waals surface area contributed by atoms with Crippen LogP contribution in [0.1, 0.15) is 30.4 Å². The molecule has 0 unspecified atom stereocenters. The van der Waals surface area contributed by atoms with E-state index >= 15 is 0 Å². The molecule has 0 aromatic heterocycles. The topological polar surface area (TPSA) is 41.5 Å². The summed E-state index contributed by atoms with van der Waals surface area (Å²) < 4.78 is 0. The lowest BCUT2D eigenvalue weighted by Crippen LogP contribution is -2.21. The maximum Gasteiger partial charge on any atom is 0.243 e. The summed E-state index contributed by atoms with van der Waals surface area (Å²) in [5, 5.41) is 4.20. The van der Waals surface area contributed by atoms with Crippen molar-refractivity contribution in [3.05, 3.63) is 71.8 Å². The second-order valence-corrected chi connectivity index (χ2v) is 5.40. The molecule has 2 atom stereocenters. The SMILES string of the molecule is C/C(=N\NC(=O)[C@H]1C[C@@H]1c1ccccc1)c1ccccc1. The van der Waals surface area contributed by atoms with Crippen molar-refractivity contribution in [1.29, 1.82) is 0 Å². The second kappa shape index (κ2) is 5.92. The molecular formula is C18H18N2O. The first kappa shape index (κ1) is 13.6. The van der Waals surface area contributed by atoms with E-state index in [2.05, 4.69) is 22.7 Å². The first-order valence-electron chi connectivity index (χ1n) is 7.20. The molecule has 1 aliphatic carbocycles. The minimum Gasteiger partial charge on any atom is -0.273 e. The zero-order chi connectivity index (χ0) is 14.7. The number of amides is 1. The molecule has 0 radical (unpaired) electrons. The Labute approximate surface area is 124 Å². The molecule has 1 saturated carbocycles. The summed E-state index contributed by atoms with van der Waals surface area (Å²) in [6, 6.07) is 20.0. The maximum absolute atomic E-state index is 12.1. The largest absolute Gasteiger partial charge is 0.273 e. The van der Waals surface area contributed by atoms with E-state index in [1.54, 1.807) is 0 Å². The van der Waals surface area contributed by atoms with E-state index in [0.717, 1.165) is 17.7 Å². The number of nitrogens with zero attached hydrogens (tertiary/aromatic N) is 1. The van der Waals surface area contributed by atoms with Gasteiger partial charge in [0.1, 0.15) is 0 Å². The minimum atomic E-state index is 0.0131. The van der Waals surface area contributed by atoms with Gasteiger partial charge in [-0.05, 0) is 30.4 Å². The lowest BCUT2D eigenvalue weighted by Gasteiger charge is -2.03. The summed E-state index contributed by atoms with van der Waals surface area (Å²) in [5.41, 5.74) is 5.77. The van der Waals surface area contributed by atoms with Gasteiger partial charge in [-0.1, -0.05) is 60.7 Å². The quantitative estimate of drug-likeness (QED) is 0.676. The number of carbonyl (C=O) groups excluding carboxylic acids is 1. The van der Waals surface area contributed by atoms with E-state index in [1.165, 1.54) is 5.56 Å². The molecule has 1 N–H and O–H groups in total. The molecule has 3 heteroatoms. The summed E-state index contributed by atoms with van der Waals surface area (Å²) in [6.07, 6.45) is 0.912. The molecule has 2 aromatic carbocycles. The molecule has 0 saturated heterocycles. The Kier molecular flexibility index (Phi) is 3.82. The van der Waals surface area contributed by atoms with E-state index in [4.69, 9.17) is 0 Å². The fourth-order valence-corrected chi connectivity index (χ4v) is 2.52. The van der Waals surface area contributed by atoms with E-state index in [1.807, 2.05) is 55.5 Å². The van der Waals surface area contributed by atoms with Gasteiger partial charge in [0.15, 0.2) is 0 Å². The zero-order valence-corrected chi connectivity index (χ0v) is 12.0. The molecule has 0 bridgehead atoms. The van der Waals surface area contributed by atoms with Crippen LogP contribution in [-0.2, 0) is 4.79 Å². The van der Waals surface area contributed by atoms with Crippen LogP contribution in [0.5, 0.6) is 0 Å². The van der Waals surface area contributed by atoms with Gasteiger partial charge in [0.2, 0.25) is 5.91 Å². The van der Waals surface area contributed by atoms with Gasteiger partial charge in [-0.25, -0.2) is 5.43 Å². The normalized spacial score (nSPS) is 20.9. The third kappa shape index (κ3) is 3.19. The van der Waals surface area contributed by atoms with E-state index in [-0.39, 0.29) is 11.8 Å². The van der Waals surface area contributed by atoms with Crippen molar-refractivity contribution < 1.29 is 4.79 Å². The lowest BCUT2D eigenvalue weighted by molar-refractivity contribution is -0.122. The molecular weight excluding hydrogens is 260 g/mol. The van der Waals surface area contributed by atoms with Gasteiger partial charge in [0.25, 0.3) is 0 Å². The molecule has 106 valence electrons. The fraction of sp³-hybridized carbons (Fsp3) is 0.222. The van der Waals surface area contributed by atoms with Gasteiger partial charge in [-0.2, -0.15) is 5.10 Å². The molecule has 0 spiro atoms. The van der Waals surface area contributed by atoms with Crippen LogP contribution in [-0.4, -0.2) is 11.6 Å². The Balaban J connectivity index is 1.59. The van der Waals surface area contributed by atoms with Gasteiger partial charge in [0, 0.05) is 5.92 Å². The van der Waals surface area contributed by atoms with Crippen LogP contribution in [0.2, 0.25) is 0 Å². The molecule has 1 fully saturated rings. The van der Waals surface area contributed by atoms with Crippen LogP contribution in [0.3, 0.4) is 0 Å². The number of nitrogens with one attached hydrogen (secondary N) is 1. The van der Waals surface area contributed by atoms with Crippen molar-refractivity contribution in [2.45, 2.75) is 19.3 Å². The van der Waals surface area contributed by atoms with Crippen LogP contribution in [0, 0.1) is 5.92 Å². The summed E-state index contributed by atoms with van der Waals surface area (Å²) >= 11 is 0. The van der Waals surface area contributed by atoms with Gasteiger partial charge in [-0.3, -0.25) is 4.79 Å². The Bertz CT molecular complexity index is 649. The van der Waals surface area contributed by atoms with Crippen molar-refractivity contribution in [3.8, 4) is 0 Å². The van der Waals surface area contributed by atoms with E-state index in [9.17, 15) is 4.79 Å². The van der Waals surface area contributed by atoms with E-state index in [0.29, 0.717) is 5.92 Å². The Morgan fingerprint density at radius 1 is 1.05 bits per heavy atom. The third-order valence-corrected chi connectivity index (χ3v) is 3.88. The Morgan fingerprint density at radius 3 is 2.33 bits per heavy atom. The molecule has 3 nitrogen and oxygen atoms in total. The number of hydrogen-bond donors (Lipinski definition) is 1. The number of hydrogen-bond acceptors (Lipinski definition) is 2. The smallest absolute Gasteiger partial charge is 0.243 e. The highest BCUT2D eigenvalue weighted by molar-refractivity contribution is 5.99. The highest BCUT2D eigenvalue weighted by atomic mass is 16.2. The van der Waals surface area contributed by atoms with Crippen LogP contribution >= 0.6 is 0 Å². The summed E-state index contributed by atoms with van der Waals surface area (Å²) in [4.78, 5) is 12.1. The first-order valence-corrected chi connectivity index (χ1v) is 7.20. The van der Waals surface area contributed by atoms with Crippen molar-refractivity contribution in [2.24, 2.45) is 11.0 Å². The van der Waals surface area contributed by atoms with Gasteiger partial charge < -0.3 is 0 Å². The minimum absolute atomic E-state index is 0.0131. The van der Waals surface area contributed by atoms with Crippen molar-refractivity contribution in [2.75, 3.05) is 0 Å². The molecule has 0 heterocycles. The monoisotopic (exact) mass is 278 g/mol. The van der Waals surface area contributed by atoms with Crippen molar-refractivity contribution in [3.63, 3.8) is 0 Å². The lowest BCUT2D eigenvalue weighted by atomic mass is 10.1. The van der Waals surface area contributed by atoms with Gasteiger partial charge in [0.05, 0.1) is 5.71 Å². The average Bonchev–Trinajstić information content (AvgIpc) is 3.35. The maximum atomic E-state index is 12.1. The van der Waals surface area contributed by atoms with E-state index < -0.39 is 0 Å². The number of benzene rings is 2.